The Hall–Kier alpha value is -3.86. The van der Waals surface area contributed by atoms with Gasteiger partial charge in [-0.3, -0.25) is 0 Å². The van der Waals surface area contributed by atoms with Crippen LogP contribution in [0.25, 0.3) is 33.5 Å². The maximum Gasteiger partial charge on any atom is 0.196 e. The molecule has 2 heterocycles. The molecule has 3 aromatic carbocycles. The highest BCUT2D eigenvalue weighted by molar-refractivity contribution is 6.06. The number of aromatic nitrogens is 2. The molecule has 5 nitrogen and oxygen atoms in total. The third kappa shape index (κ3) is 3.46. The van der Waals surface area contributed by atoms with Crippen molar-refractivity contribution in [2.75, 3.05) is 19.0 Å². The zero-order valence-corrected chi connectivity index (χ0v) is 16.6. The Kier molecular flexibility index (Phi) is 4.77. The molecule has 148 valence electrons. The van der Waals surface area contributed by atoms with Gasteiger partial charge in [0, 0.05) is 17.5 Å². The van der Waals surface area contributed by atoms with Gasteiger partial charge < -0.3 is 14.5 Å². The van der Waals surface area contributed by atoms with E-state index in [1.54, 1.807) is 7.11 Å². The molecule has 0 amide bonds. The molecule has 0 bridgehead atoms. The monoisotopic (exact) mass is 395 g/mol. The Labute approximate surface area is 174 Å². The van der Waals surface area contributed by atoms with Crippen molar-refractivity contribution in [3.8, 4) is 17.1 Å². The number of hydrogen-bond acceptors (Lipinski definition) is 5. The van der Waals surface area contributed by atoms with Gasteiger partial charge in [0.15, 0.2) is 17.2 Å². The first-order chi connectivity index (χ1) is 14.8. The minimum absolute atomic E-state index is 0.679. The Morgan fingerprint density at radius 2 is 1.73 bits per heavy atom. The Morgan fingerprint density at radius 3 is 2.60 bits per heavy atom. The standard InChI is InChI=1S/C25H21N3O2/c1-29-19-11-7-8-17(16-19)14-15-26-25-23-22(20-12-5-6-13-21(20)30-23)27-24(28-25)18-9-3-2-4-10-18/h2-13,16H,14-15H2,1H3,(H,26,27,28). The van der Waals surface area contributed by atoms with Crippen molar-refractivity contribution < 1.29 is 9.15 Å². The highest BCUT2D eigenvalue weighted by Gasteiger charge is 2.16. The Balaban J connectivity index is 1.52. The lowest BCUT2D eigenvalue weighted by atomic mass is 10.1. The molecule has 30 heavy (non-hydrogen) atoms. The number of rotatable bonds is 6. The first kappa shape index (κ1) is 18.2. The molecule has 0 aliphatic rings. The molecule has 0 aliphatic carbocycles. The van der Waals surface area contributed by atoms with Crippen LogP contribution in [0.2, 0.25) is 0 Å². The summed E-state index contributed by atoms with van der Waals surface area (Å²) in [5.74, 6) is 2.25. The van der Waals surface area contributed by atoms with Crippen molar-refractivity contribution in [1.82, 2.24) is 9.97 Å². The minimum Gasteiger partial charge on any atom is -0.497 e. The van der Waals surface area contributed by atoms with Crippen molar-refractivity contribution in [3.05, 3.63) is 84.4 Å². The summed E-state index contributed by atoms with van der Waals surface area (Å²) in [7, 11) is 1.68. The molecule has 0 saturated heterocycles. The van der Waals surface area contributed by atoms with Gasteiger partial charge in [-0.05, 0) is 36.2 Å². The van der Waals surface area contributed by atoms with Gasteiger partial charge in [0.05, 0.1) is 7.11 Å². The van der Waals surface area contributed by atoms with Crippen LogP contribution in [-0.4, -0.2) is 23.6 Å². The number of para-hydroxylation sites is 1. The van der Waals surface area contributed by atoms with Crippen LogP contribution in [0.4, 0.5) is 5.82 Å². The van der Waals surface area contributed by atoms with Gasteiger partial charge in [0.2, 0.25) is 0 Å². The molecule has 0 atom stereocenters. The fourth-order valence-corrected chi connectivity index (χ4v) is 3.58. The molecule has 5 aromatic rings. The number of nitrogens with one attached hydrogen (secondary N) is 1. The SMILES string of the molecule is COc1cccc(CCNc2nc(-c3ccccc3)nc3c2oc2ccccc23)c1. The van der Waals surface area contributed by atoms with Crippen LogP contribution in [0.5, 0.6) is 5.75 Å². The van der Waals surface area contributed by atoms with Crippen LogP contribution >= 0.6 is 0 Å². The topological polar surface area (TPSA) is 60.2 Å². The van der Waals surface area contributed by atoms with E-state index in [0.29, 0.717) is 23.8 Å². The highest BCUT2D eigenvalue weighted by atomic mass is 16.5. The van der Waals surface area contributed by atoms with Crippen molar-refractivity contribution in [2.45, 2.75) is 6.42 Å². The van der Waals surface area contributed by atoms with Crippen LogP contribution in [0.15, 0.2) is 83.3 Å². The first-order valence-electron chi connectivity index (χ1n) is 9.93. The van der Waals surface area contributed by atoms with Gasteiger partial charge in [-0.15, -0.1) is 0 Å². The second-order valence-electron chi connectivity index (χ2n) is 7.07. The lowest BCUT2D eigenvalue weighted by Crippen LogP contribution is -2.08. The average molecular weight is 395 g/mol. The van der Waals surface area contributed by atoms with Gasteiger partial charge in [0.25, 0.3) is 0 Å². The zero-order chi connectivity index (χ0) is 20.3. The van der Waals surface area contributed by atoms with Gasteiger partial charge in [-0.2, -0.15) is 0 Å². The van der Waals surface area contributed by atoms with E-state index in [4.69, 9.17) is 19.1 Å². The number of hydrogen-bond donors (Lipinski definition) is 1. The van der Waals surface area contributed by atoms with Gasteiger partial charge >= 0.3 is 0 Å². The zero-order valence-electron chi connectivity index (χ0n) is 16.6. The summed E-state index contributed by atoms with van der Waals surface area (Å²) in [6, 6.07) is 26.1. The molecule has 0 fully saturated rings. The lowest BCUT2D eigenvalue weighted by molar-refractivity contribution is 0.414. The summed E-state index contributed by atoms with van der Waals surface area (Å²) < 4.78 is 11.4. The number of ether oxygens (including phenoxy) is 1. The van der Waals surface area contributed by atoms with E-state index in [1.165, 1.54) is 5.56 Å². The third-order valence-electron chi connectivity index (χ3n) is 5.09. The second-order valence-corrected chi connectivity index (χ2v) is 7.07. The van der Waals surface area contributed by atoms with Gasteiger partial charge in [-0.1, -0.05) is 54.6 Å². The highest BCUT2D eigenvalue weighted by Crippen LogP contribution is 2.33. The van der Waals surface area contributed by atoms with E-state index >= 15 is 0 Å². The van der Waals surface area contributed by atoms with Crippen LogP contribution < -0.4 is 10.1 Å². The van der Waals surface area contributed by atoms with Crippen molar-refractivity contribution in [3.63, 3.8) is 0 Å². The summed E-state index contributed by atoms with van der Waals surface area (Å²) >= 11 is 0. The third-order valence-corrected chi connectivity index (χ3v) is 5.09. The molecule has 5 heteroatoms. The van der Waals surface area contributed by atoms with Crippen molar-refractivity contribution in [1.29, 1.82) is 0 Å². The molecule has 0 unspecified atom stereocenters. The fraction of sp³-hybridized carbons (Fsp3) is 0.120. The second kappa shape index (κ2) is 7.87. The number of nitrogens with zero attached hydrogens (tertiary/aromatic N) is 2. The molecule has 0 spiro atoms. The molecule has 0 saturated carbocycles. The van der Waals surface area contributed by atoms with Crippen LogP contribution in [-0.2, 0) is 6.42 Å². The van der Waals surface area contributed by atoms with E-state index in [9.17, 15) is 0 Å². The largest absolute Gasteiger partial charge is 0.497 e. The first-order valence-corrected chi connectivity index (χ1v) is 9.93. The quantitative estimate of drug-likeness (QED) is 0.399. The smallest absolute Gasteiger partial charge is 0.196 e. The van der Waals surface area contributed by atoms with Crippen molar-refractivity contribution >= 4 is 27.9 Å². The number of anilines is 1. The number of benzene rings is 3. The lowest BCUT2D eigenvalue weighted by Gasteiger charge is -2.09. The van der Waals surface area contributed by atoms with Gasteiger partial charge in [-0.25, -0.2) is 9.97 Å². The van der Waals surface area contributed by atoms with E-state index in [0.717, 1.165) is 34.2 Å². The average Bonchev–Trinajstić information content (AvgIpc) is 3.19. The molecule has 0 radical (unpaired) electrons. The molecular weight excluding hydrogens is 374 g/mol. The van der Waals surface area contributed by atoms with E-state index in [2.05, 4.69) is 11.4 Å². The number of fused-ring (bicyclic) bond motifs is 3. The Morgan fingerprint density at radius 1 is 0.900 bits per heavy atom. The van der Waals surface area contributed by atoms with Crippen molar-refractivity contribution in [2.24, 2.45) is 0 Å². The molecule has 0 aliphatic heterocycles. The van der Waals surface area contributed by atoms with E-state index in [-0.39, 0.29) is 0 Å². The Bertz CT molecular complexity index is 1310. The molecular formula is C25H21N3O2. The number of methoxy groups -OCH3 is 1. The normalized spacial score (nSPS) is 11.1. The van der Waals surface area contributed by atoms with E-state index < -0.39 is 0 Å². The molecule has 1 N–H and O–H groups in total. The summed E-state index contributed by atoms with van der Waals surface area (Å²) in [5, 5.41) is 4.45. The molecule has 2 aromatic heterocycles. The summed E-state index contributed by atoms with van der Waals surface area (Å²) in [4.78, 5) is 9.61. The number of furan rings is 1. The summed E-state index contributed by atoms with van der Waals surface area (Å²) in [6.45, 7) is 0.713. The van der Waals surface area contributed by atoms with E-state index in [1.807, 2.05) is 72.8 Å². The maximum atomic E-state index is 6.11. The fourth-order valence-electron chi connectivity index (χ4n) is 3.58. The minimum atomic E-state index is 0.679. The predicted molar refractivity (Wildman–Crippen MR) is 120 cm³/mol. The van der Waals surface area contributed by atoms with Crippen LogP contribution in [0, 0.1) is 0 Å². The predicted octanol–water partition coefficient (Wildman–Crippen LogP) is 5.71. The summed E-state index contributed by atoms with van der Waals surface area (Å²) in [6.07, 6.45) is 0.837. The maximum absolute atomic E-state index is 6.11. The summed E-state index contributed by atoms with van der Waals surface area (Å²) in [5.41, 5.74) is 4.48. The van der Waals surface area contributed by atoms with Gasteiger partial charge in [0.1, 0.15) is 16.8 Å². The molecule has 5 rings (SSSR count). The van der Waals surface area contributed by atoms with Crippen LogP contribution in [0.3, 0.4) is 0 Å². The van der Waals surface area contributed by atoms with Crippen LogP contribution in [0.1, 0.15) is 5.56 Å².